The minimum atomic E-state index is -0.902. The summed E-state index contributed by atoms with van der Waals surface area (Å²) in [6, 6.07) is 15.7. The average molecular weight is 433 g/mol. The van der Waals surface area contributed by atoms with Crippen molar-refractivity contribution in [3.8, 4) is 11.3 Å². The fourth-order valence-electron chi connectivity index (χ4n) is 3.11. The van der Waals surface area contributed by atoms with Gasteiger partial charge in [-0.3, -0.25) is 14.4 Å². The van der Waals surface area contributed by atoms with Gasteiger partial charge in [-0.05, 0) is 44.0 Å². The van der Waals surface area contributed by atoms with Gasteiger partial charge in [0.1, 0.15) is 11.7 Å². The van der Waals surface area contributed by atoms with Gasteiger partial charge in [-0.25, -0.2) is 4.68 Å². The Hall–Kier alpha value is -3.74. The third-order valence-electron chi connectivity index (χ3n) is 5.18. The Morgan fingerprint density at radius 1 is 0.875 bits per heavy atom. The first-order valence-electron chi connectivity index (χ1n) is 10.6. The predicted octanol–water partition coefficient (Wildman–Crippen LogP) is 4.32. The average Bonchev–Trinajstić information content (AvgIpc) is 2.77. The van der Waals surface area contributed by atoms with Gasteiger partial charge in [0.15, 0.2) is 0 Å². The maximum absolute atomic E-state index is 13.1. The number of carbonyl (C=O) groups is 2. The third kappa shape index (κ3) is 5.11. The lowest BCUT2D eigenvalue weighted by Crippen LogP contribution is -2.36. The van der Waals surface area contributed by atoms with E-state index in [9.17, 15) is 14.4 Å². The number of nitrogens with one attached hydrogen (secondary N) is 2. The molecule has 0 unspecified atom stereocenters. The molecule has 0 aliphatic carbocycles. The Kier molecular flexibility index (Phi) is 6.88. The Morgan fingerprint density at radius 2 is 1.53 bits per heavy atom. The van der Waals surface area contributed by atoms with E-state index in [4.69, 9.17) is 0 Å². The Bertz CT molecular complexity index is 1200. The summed E-state index contributed by atoms with van der Waals surface area (Å²) in [7, 11) is 0. The van der Waals surface area contributed by atoms with Gasteiger partial charge in [-0.1, -0.05) is 56.3 Å². The normalized spacial score (nSPS) is 11.8. The summed E-state index contributed by atoms with van der Waals surface area (Å²) < 4.78 is 1.12. The monoisotopic (exact) mass is 432 g/mol. The van der Waals surface area contributed by atoms with Gasteiger partial charge in [-0.2, -0.15) is 5.10 Å². The highest BCUT2D eigenvalue weighted by atomic mass is 16.2. The minimum absolute atomic E-state index is 0.0870. The molecule has 0 spiro atoms. The van der Waals surface area contributed by atoms with E-state index in [0.717, 1.165) is 21.4 Å². The van der Waals surface area contributed by atoms with Crippen molar-refractivity contribution >= 4 is 23.2 Å². The highest BCUT2D eigenvalue weighted by molar-refractivity contribution is 5.95. The summed E-state index contributed by atoms with van der Waals surface area (Å²) >= 11 is 0. The standard InChI is InChI=1S/C25H28N4O3/c1-15(2)23(30)27-22-14-21(19-9-7-6-8-10-19)28-29(25(22)32)18(5)24(31)26-20-13-16(3)11-12-17(20)4/h6-15,18H,1-5H3,(H,26,31)(H,27,30)/t18-/m0/s1. The van der Waals surface area contributed by atoms with Crippen LogP contribution in [0.25, 0.3) is 11.3 Å². The highest BCUT2D eigenvalue weighted by Gasteiger charge is 2.22. The summed E-state index contributed by atoms with van der Waals surface area (Å²) in [5.41, 5.74) is 3.41. The van der Waals surface area contributed by atoms with Crippen LogP contribution in [0.2, 0.25) is 0 Å². The fourth-order valence-corrected chi connectivity index (χ4v) is 3.11. The van der Waals surface area contributed by atoms with Crippen LogP contribution in [0.15, 0.2) is 59.4 Å². The number of benzene rings is 2. The SMILES string of the molecule is Cc1ccc(C)c(NC(=O)[C@H](C)n2nc(-c3ccccc3)cc(NC(=O)C(C)C)c2=O)c1. The van der Waals surface area contributed by atoms with Crippen LogP contribution in [0.3, 0.4) is 0 Å². The van der Waals surface area contributed by atoms with Gasteiger partial charge in [-0.15, -0.1) is 0 Å². The molecule has 32 heavy (non-hydrogen) atoms. The van der Waals surface area contributed by atoms with Crippen LogP contribution >= 0.6 is 0 Å². The van der Waals surface area contributed by atoms with E-state index in [1.807, 2.05) is 62.4 Å². The van der Waals surface area contributed by atoms with Gasteiger partial charge in [0.2, 0.25) is 11.8 Å². The summed E-state index contributed by atoms with van der Waals surface area (Å²) in [6.07, 6.45) is 0. The zero-order valence-corrected chi connectivity index (χ0v) is 19.0. The van der Waals surface area contributed by atoms with Crippen molar-refractivity contribution in [2.75, 3.05) is 10.6 Å². The van der Waals surface area contributed by atoms with E-state index in [1.165, 1.54) is 0 Å². The first-order valence-corrected chi connectivity index (χ1v) is 10.6. The molecular formula is C25H28N4O3. The molecule has 3 rings (SSSR count). The molecule has 0 aliphatic heterocycles. The molecule has 2 aromatic carbocycles. The lowest BCUT2D eigenvalue weighted by Gasteiger charge is -2.18. The van der Waals surface area contributed by atoms with Crippen LogP contribution in [0.4, 0.5) is 11.4 Å². The number of rotatable bonds is 6. The van der Waals surface area contributed by atoms with Gasteiger partial charge in [0.05, 0.1) is 5.69 Å². The Balaban J connectivity index is 2.03. The van der Waals surface area contributed by atoms with E-state index in [0.29, 0.717) is 11.4 Å². The van der Waals surface area contributed by atoms with E-state index in [1.54, 1.807) is 26.8 Å². The van der Waals surface area contributed by atoms with Crippen LogP contribution in [-0.4, -0.2) is 21.6 Å². The zero-order chi connectivity index (χ0) is 23.4. The molecule has 0 bridgehead atoms. The summed E-state index contributed by atoms with van der Waals surface area (Å²) in [4.78, 5) is 38.4. The summed E-state index contributed by atoms with van der Waals surface area (Å²) in [5, 5.41) is 10.0. The van der Waals surface area contributed by atoms with Crippen LogP contribution in [-0.2, 0) is 9.59 Å². The van der Waals surface area contributed by atoms with Crippen LogP contribution < -0.4 is 16.2 Å². The minimum Gasteiger partial charge on any atom is -0.324 e. The zero-order valence-electron chi connectivity index (χ0n) is 19.0. The lowest BCUT2D eigenvalue weighted by molar-refractivity contribution is -0.119. The molecule has 0 radical (unpaired) electrons. The molecule has 166 valence electrons. The molecule has 0 saturated heterocycles. The molecule has 3 aromatic rings. The van der Waals surface area contributed by atoms with Crippen molar-refractivity contribution in [2.45, 2.75) is 40.7 Å². The predicted molar refractivity (Wildman–Crippen MR) is 127 cm³/mol. The molecule has 7 heteroatoms. The smallest absolute Gasteiger partial charge is 0.291 e. The van der Waals surface area contributed by atoms with E-state index < -0.39 is 11.6 Å². The van der Waals surface area contributed by atoms with Crippen molar-refractivity contribution in [1.29, 1.82) is 0 Å². The second-order valence-corrected chi connectivity index (χ2v) is 8.19. The molecule has 1 heterocycles. The molecule has 1 aromatic heterocycles. The molecule has 0 fully saturated rings. The molecular weight excluding hydrogens is 404 g/mol. The number of hydrogen-bond donors (Lipinski definition) is 2. The van der Waals surface area contributed by atoms with Crippen molar-refractivity contribution in [2.24, 2.45) is 5.92 Å². The van der Waals surface area contributed by atoms with Gasteiger partial charge in [0.25, 0.3) is 5.56 Å². The number of anilines is 2. The number of aromatic nitrogens is 2. The van der Waals surface area contributed by atoms with Crippen LogP contribution in [0, 0.1) is 19.8 Å². The van der Waals surface area contributed by atoms with Crippen LogP contribution in [0.1, 0.15) is 37.9 Å². The molecule has 7 nitrogen and oxygen atoms in total. The van der Waals surface area contributed by atoms with Crippen LogP contribution in [0.5, 0.6) is 0 Å². The van der Waals surface area contributed by atoms with Crippen molar-refractivity contribution in [3.63, 3.8) is 0 Å². The van der Waals surface area contributed by atoms with E-state index >= 15 is 0 Å². The largest absolute Gasteiger partial charge is 0.324 e. The summed E-state index contributed by atoms with van der Waals surface area (Å²) in [5.74, 6) is -0.966. The molecule has 1 atom stereocenters. The number of carbonyl (C=O) groups excluding carboxylic acids is 2. The van der Waals surface area contributed by atoms with Crippen molar-refractivity contribution in [3.05, 3.63) is 76.1 Å². The number of hydrogen-bond acceptors (Lipinski definition) is 4. The maximum atomic E-state index is 13.1. The Labute approximate surface area is 187 Å². The van der Waals surface area contributed by atoms with E-state index in [-0.39, 0.29) is 23.4 Å². The molecule has 2 amide bonds. The number of aryl methyl sites for hydroxylation is 2. The lowest BCUT2D eigenvalue weighted by atomic mass is 10.1. The molecule has 2 N–H and O–H groups in total. The fraction of sp³-hybridized carbons (Fsp3) is 0.280. The second kappa shape index (κ2) is 9.60. The topological polar surface area (TPSA) is 93.1 Å². The van der Waals surface area contributed by atoms with Gasteiger partial charge in [0, 0.05) is 17.2 Å². The number of nitrogens with zero attached hydrogens (tertiary/aromatic N) is 2. The molecule has 0 aliphatic rings. The highest BCUT2D eigenvalue weighted by Crippen LogP contribution is 2.21. The van der Waals surface area contributed by atoms with Gasteiger partial charge >= 0.3 is 0 Å². The van der Waals surface area contributed by atoms with Crippen molar-refractivity contribution < 1.29 is 9.59 Å². The first-order chi connectivity index (χ1) is 15.2. The first kappa shape index (κ1) is 22.9. The van der Waals surface area contributed by atoms with E-state index in [2.05, 4.69) is 15.7 Å². The second-order valence-electron chi connectivity index (χ2n) is 8.19. The number of amides is 2. The maximum Gasteiger partial charge on any atom is 0.291 e. The molecule has 0 saturated carbocycles. The van der Waals surface area contributed by atoms with Crippen molar-refractivity contribution in [1.82, 2.24) is 9.78 Å². The Morgan fingerprint density at radius 3 is 2.19 bits per heavy atom. The quantitative estimate of drug-likeness (QED) is 0.607. The summed E-state index contributed by atoms with van der Waals surface area (Å²) in [6.45, 7) is 8.94. The van der Waals surface area contributed by atoms with Gasteiger partial charge < -0.3 is 10.6 Å². The third-order valence-corrected chi connectivity index (χ3v) is 5.18.